The van der Waals surface area contributed by atoms with Crippen LogP contribution < -0.4 is 19.5 Å². The number of H-pyrrole nitrogens is 1. The molecule has 1 aromatic heterocycles. The number of fused-ring (bicyclic) bond motifs is 1. The molecule has 0 spiro atoms. The molecule has 8 heteroatoms. The SMILES string of the molecule is CCc1ccccc1.COc1ccc(OC)c2[nH]c(CC=O)cc12.COc1cccc(CN(C)CCNC=O)c1. The zero-order chi connectivity index (χ0) is 29.2. The molecule has 0 aliphatic rings. The van der Waals surface area contributed by atoms with Gasteiger partial charge in [0, 0.05) is 37.1 Å². The second-order valence-corrected chi connectivity index (χ2v) is 8.92. The Balaban J connectivity index is 0.000000222. The van der Waals surface area contributed by atoms with E-state index in [1.54, 1.807) is 21.3 Å². The summed E-state index contributed by atoms with van der Waals surface area (Å²) in [6.45, 7) is 4.51. The van der Waals surface area contributed by atoms with Crippen molar-refractivity contribution in [3.8, 4) is 17.2 Å². The average molecular weight is 548 g/mol. The average Bonchev–Trinajstić information content (AvgIpc) is 3.42. The van der Waals surface area contributed by atoms with Crippen molar-refractivity contribution in [1.82, 2.24) is 15.2 Å². The van der Waals surface area contributed by atoms with Crippen LogP contribution in [0.25, 0.3) is 10.9 Å². The van der Waals surface area contributed by atoms with Gasteiger partial charge in [-0.1, -0.05) is 49.4 Å². The zero-order valence-electron chi connectivity index (χ0n) is 24.1. The number of ether oxygens (including phenoxy) is 3. The predicted molar refractivity (Wildman–Crippen MR) is 160 cm³/mol. The van der Waals surface area contributed by atoms with Crippen molar-refractivity contribution < 1.29 is 23.8 Å². The smallest absolute Gasteiger partial charge is 0.207 e. The van der Waals surface area contributed by atoms with Gasteiger partial charge in [0.2, 0.25) is 6.41 Å². The molecule has 0 fully saturated rings. The largest absolute Gasteiger partial charge is 0.497 e. The highest BCUT2D eigenvalue weighted by Crippen LogP contribution is 2.33. The molecule has 4 aromatic rings. The molecule has 0 aliphatic heterocycles. The number of nitrogens with zero attached hydrogens (tertiary/aromatic N) is 1. The number of amides is 1. The first-order valence-electron chi connectivity index (χ1n) is 13.2. The molecule has 0 saturated heterocycles. The Morgan fingerprint density at radius 1 is 0.850 bits per heavy atom. The lowest BCUT2D eigenvalue weighted by Gasteiger charge is -2.16. The number of aldehydes is 1. The molecule has 1 heterocycles. The molecule has 0 bridgehead atoms. The van der Waals surface area contributed by atoms with Crippen LogP contribution in [-0.2, 0) is 29.0 Å². The van der Waals surface area contributed by atoms with E-state index >= 15 is 0 Å². The van der Waals surface area contributed by atoms with Crippen molar-refractivity contribution >= 4 is 23.6 Å². The van der Waals surface area contributed by atoms with Crippen LogP contribution >= 0.6 is 0 Å². The van der Waals surface area contributed by atoms with Crippen molar-refractivity contribution in [2.75, 3.05) is 41.5 Å². The second kappa shape index (κ2) is 18.1. The second-order valence-electron chi connectivity index (χ2n) is 8.92. The summed E-state index contributed by atoms with van der Waals surface area (Å²) in [5.74, 6) is 2.38. The minimum atomic E-state index is 0.362. The third kappa shape index (κ3) is 10.5. The van der Waals surface area contributed by atoms with Crippen LogP contribution in [0, 0.1) is 0 Å². The van der Waals surface area contributed by atoms with E-state index in [0.717, 1.165) is 66.1 Å². The Labute approximate surface area is 237 Å². The molecular weight excluding hydrogens is 506 g/mol. The molecule has 0 aliphatic carbocycles. The Morgan fingerprint density at radius 3 is 2.15 bits per heavy atom. The lowest BCUT2D eigenvalue weighted by Crippen LogP contribution is -2.28. The number of nitrogens with one attached hydrogen (secondary N) is 2. The van der Waals surface area contributed by atoms with Crippen LogP contribution in [0.3, 0.4) is 0 Å². The van der Waals surface area contributed by atoms with Crippen LogP contribution in [0.5, 0.6) is 17.2 Å². The number of rotatable bonds is 12. The normalized spacial score (nSPS) is 10.1. The molecule has 4 rings (SSSR count). The van der Waals surface area contributed by atoms with Gasteiger partial charge in [-0.3, -0.25) is 4.79 Å². The maximum Gasteiger partial charge on any atom is 0.207 e. The zero-order valence-corrected chi connectivity index (χ0v) is 24.1. The van der Waals surface area contributed by atoms with E-state index in [1.165, 1.54) is 11.1 Å². The van der Waals surface area contributed by atoms with Crippen LogP contribution in [0.2, 0.25) is 0 Å². The van der Waals surface area contributed by atoms with Gasteiger partial charge in [-0.25, -0.2) is 0 Å². The fourth-order valence-corrected chi connectivity index (χ4v) is 3.96. The molecule has 2 N–H and O–H groups in total. The monoisotopic (exact) mass is 547 g/mol. The van der Waals surface area contributed by atoms with Crippen molar-refractivity contribution in [1.29, 1.82) is 0 Å². The predicted octanol–water partition coefficient (Wildman–Crippen LogP) is 5.05. The minimum absolute atomic E-state index is 0.362. The number of benzene rings is 3. The highest BCUT2D eigenvalue weighted by molar-refractivity contribution is 5.92. The molecule has 3 aromatic carbocycles. The van der Waals surface area contributed by atoms with E-state index in [-0.39, 0.29) is 0 Å². The number of hydrogen-bond donors (Lipinski definition) is 2. The molecule has 0 unspecified atom stereocenters. The summed E-state index contributed by atoms with van der Waals surface area (Å²) in [6.07, 6.45) is 3.09. The molecular formula is C32H41N3O5. The first-order valence-corrected chi connectivity index (χ1v) is 13.2. The summed E-state index contributed by atoms with van der Waals surface area (Å²) in [4.78, 5) is 25.9. The summed E-state index contributed by atoms with van der Waals surface area (Å²) in [7, 11) is 6.91. The lowest BCUT2D eigenvalue weighted by molar-refractivity contribution is -0.109. The number of aromatic nitrogens is 1. The summed E-state index contributed by atoms with van der Waals surface area (Å²) in [5.41, 5.74) is 4.33. The summed E-state index contributed by atoms with van der Waals surface area (Å²) in [6, 6.07) is 24.0. The van der Waals surface area contributed by atoms with Crippen molar-refractivity contribution in [3.05, 3.63) is 89.6 Å². The first kappa shape index (κ1) is 31.9. The number of hydrogen-bond acceptors (Lipinski definition) is 6. The Morgan fingerprint density at radius 2 is 1.55 bits per heavy atom. The number of aryl methyl sites for hydroxylation is 1. The summed E-state index contributed by atoms with van der Waals surface area (Å²) >= 11 is 0. The van der Waals surface area contributed by atoms with E-state index in [1.807, 2.05) is 49.5 Å². The molecule has 40 heavy (non-hydrogen) atoms. The number of likely N-dealkylation sites (N-methyl/N-ethyl adjacent to an activating group) is 1. The van der Waals surface area contributed by atoms with Gasteiger partial charge in [-0.2, -0.15) is 0 Å². The van der Waals surface area contributed by atoms with E-state index in [2.05, 4.69) is 52.5 Å². The van der Waals surface area contributed by atoms with Crippen molar-refractivity contribution in [3.63, 3.8) is 0 Å². The van der Waals surface area contributed by atoms with Gasteiger partial charge in [0.05, 0.1) is 26.8 Å². The molecule has 8 nitrogen and oxygen atoms in total. The number of carbonyl (C=O) groups is 2. The van der Waals surface area contributed by atoms with Crippen LogP contribution in [0.4, 0.5) is 0 Å². The van der Waals surface area contributed by atoms with Gasteiger partial charge in [0.25, 0.3) is 0 Å². The van der Waals surface area contributed by atoms with Gasteiger partial charge in [-0.05, 0) is 54.9 Å². The molecule has 1 amide bonds. The highest BCUT2D eigenvalue weighted by atomic mass is 16.5. The molecule has 0 atom stereocenters. The van der Waals surface area contributed by atoms with E-state index < -0.39 is 0 Å². The topological polar surface area (TPSA) is 92.9 Å². The van der Waals surface area contributed by atoms with Crippen LogP contribution in [-0.4, -0.2) is 64.0 Å². The van der Waals surface area contributed by atoms with E-state index in [9.17, 15) is 9.59 Å². The molecule has 0 radical (unpaired) electrons. The maximum absolute atomic E-state index is 10.5. The standard InChI is InChI=1S/C12H18N2O2.C12H13NO3.C8H10/c1-14(7-6-13-10-15)9-11-4-3-5-12(8-11)16-2;1-15-10-3-4-11(16-2)12-9(10)7-8(13-12)5-6-14;1-2-8-6-4-3-5-7-8/h3-5,8,10H,6-7,9H2,1-2H3,(H,13,15);3-4,6-7,13H,5H2,1-2H3;3-7H,2H2,1H3. The van der Waals surface area contributed by atoms with Crippen LogP contribution in [0.1, 0.15) is 23.7 Å². The third-order valence-corrected chi connectivity index (χ3v) is 6.07. The quantitative estimate of drug-likeness (QED) is 0.191. The fraction of sp³-hybridized carbons (Fsp3) is 0.312. The molecule has 214 valence electrons. The lowest BCUT2D eigenvalue weighted by atomic mass is 10.2. The highest BCUT2D eigenvalue weighted by Gasteiger charge is 2.10. The summed E-state index contributed by atoms with van der Waals surface area (Å²) < 4.78 is 15.7. The third-order valence-electron chi connectivity index (χ3n) is 6.07. The van der Waals surface area contributed by atoms with Crippen LogP contribution in [0.15, 0.2) is 72.8 Å². The maximum atomic E-state index is 10.5. The Hall–Kier alpha value is -4.30. The number of methoxy groups -OCH3 is 3. The number of aromatic amines is 1. The van der Waals surface area contributed by atoms with Gasteiger partial charge >= 0.3 is 0 Å². The van der Waals surface area contributed by atoms with Gasteiger partial charge in [0.1, 0.15) is 23.5 Å². The minimum Gasteiger partial charge on any atom is -0.497 e. The van der Waals surface area contributed by atoms with Gasteiger partial charge in [0.15, 0.2) is 0 Å². The first-order chi connectivity index (χ1) is 19.5. The fourth-order valence-electron chi connectivity index (χ4n) is 3.96. The molecule has 0 saturated carbocycles. The number of carbonyl (C=O) groups excluding carboxylic acids is 2. The Bertz CT molecular complexity index is 1250. The van der Waals surface area contributed by atoms with E-state index in [4.69, 9.17) is 14.2 Å². The van der Waals surface area contributed by atoms with E-state index in [0.29, 0.717) is 13.0 Å². The van der Waals surface area contributed by atoms with Gasteiger partial charge in [-0.15, -0.1) is 0 Å². The van der Waals surface area contributed by atoms with Crippen molar-refractivity contribution in [2.24, 2.45) is 0 Å². The van der Waals surface area contributed by atoms with Crippen molar-refractivity contribution in [2.45, 2.75) is 26.3 Å². The summed E-state index contributed by atoms with van der Waals surface area (Å²) in [5, 5.41) is 3.57. The Kier molecular flexibility index (Phi) is 14.4. The van der Waals surface area contributed by atoms with Gasteiger partial charge < -0.3 is 34.2 Å².